The summed E-state index contributed by atoms with van der Waals surface area (Å²) in [4.78, 5) is 33.2. The van der Waals surface area contributed by atoms with E-state index in [2.05, 4.69) is 9.97 Å². The lowest BCUT2D eigenvalue weighted by Crippen LogP contribution is -2.34. The molecular formula is C16H25N3O4S2. The lowest BCUT2D eigenvalue weighted by molar-refractivity contribution is -0.130. The van der Waals surface area contributed by atoms with Crippen LogP contribution in [0.4, 0.5) is 0 Å². The van der Waals surface area contributed by atoms with Crippen molar-refractivity contribution in [3.63, 3.8) is 0 Å². The third kappa shape index (κ3) is 4.44. The third-order valence-corrected chi connectivity index (χ3v) is 7.98. The van der Waals surface area contributed by atoms with Crippen LogP contribution >= 0.6 is 11.8 Å². The fourth-order valence-electron chi connectivity index (χ4n) is 2.79. The van der Waals surface area contributed by atoms with Gasteiger partial charge in [-0.15, -0.1) is 0 Å². The average molecular weight is 388 g/mol. The minimum atomic E-state index is -3.21. The minimum absolute atomic E-state index is 0.0185. The first-order chi connectivity index (χ1) is 11.6. The van der Waals surface area contributed by atoms with Crippen molar-refractivity contribution >= 4 is 27.5 Å². The minimum Gasteiger partial charge on any atom is -0.342 e. The lowest BCUT2D eigenvalue weighted by atomic mass is 10.1. The van der Waals surface area contributed by atoms with Crippen LogP contribution in [0.15, 0.2) is 9.95 Å². The number of H-pyrrole nitrogens is 1. The van der Waals surface area contributed by atoms with E-state index in [4.69, 9.17) is 0 Å². The molecular weight excluding hydrogens is 362 g/mol. The van der Waals surface area contributed by atoms with Gasteiger partial charge in [0.2, 0.25) is 5.91 Å². The number of hydrogen-bond acceptors (Lipinski definition) is 6. The van der Waals surface area contributed by atoms with Crippen LogP contribution in [0.5, 0.6) is 0 Å². The molecule has 0 spiro atoms. The maximum Gasteiger partial charge on any atom is 0.254 e. The zero-order valence-corrected chi connectivity index (χ0v) is 16.7. The lowest BCUT2D eigenvalue weighted by Gasteiger charge is -2.22. The van der Waals surface area contributed by atoms with Gasteiger partial charge in [0.25, 0.3) is 5.56 Å². The van der Waals surface area contributed by atoms with Gasteiger partial charge in [-0.2, -0.15) is 0 Å². The van der Waals surface area contributed by atoms with E-state index in [0.29, 0.717) is 35.8 Å². The predicted molar refractivity (Wildman–Crippen MR) is 98.8 cm³/mol. The van der Waals surface area contributed by atoms with Gasteiger partial charge in [-0.1, -0.05) is 11.8 Å². The summed E-state index contributed by atoms with van der Waals surface area (Å²) in [5.74, 6) is -0.143. The van der Waals surface area contributed by atoms with Crippen molar-refractivity contribution in [1.82, 2.24) is 14.9 Å². The molecule has 0 aliphatic carbocycles. The molecule has 140 valence electrons. The van der Waals surface area contributed by atoms with Gasteiger partial charge in [0.15, 0.2) is 15.0 Å². The number of amides is 1. The van der Waals surface area contributed by atoms with Crippen LogP contribution in [0.1, 0.15) is 37.9 Å². The zero-order valence-electron chi connectivity index (χ0n) is 15.1. The van der Waals surface area contributed by atoms with Crippen molar-refractivity contribution in [2.45, 2.75) is 49.9 Å². The second kappa shape index (κ2) is 7.49. The van der Waals surface area contributed by atoms with E-state index in [0.717, 1.165) is 0 Å². The highest BCUT2D eigenvalue weighted by molar-refractivity contribution is 7.98. The predicted octanol–water partition coefficient (Wildman–Crippen LogP) is 1.16. The van der Waals surface area contributed by atoms with Crippen LogP contribution in [0.3, 0.4) is 0 Å². The topological polar surface area (TPSA) is 100 Å². The highest BCUT2D eigenvalue weighted by Crippen LogP contribution is 2.25. The van der Waals surface area contributed by atoms with Crippen molar-refractivity contribution in [3.05, 3.63) is 21.6 Å². The van der Waals surface area contributed by atoms with Gasteiger partial charge in [-0.05, 0) is 39.9 Å². The zero-order chi connectivity index (χ0) is 18.8. The van der Waals surface area contributed by atoms with Gasteiger partial charge in [0.05, 0.1) is 10.5 Å². The summed E-state index contributed by atoms with van der Waals surface area (Å²) in [6, 6.07) is 0. The molecule has 2 rings (SSSR count). The number of nitrogens with zero attached hydrogens (tertiary/aromatic N) is 2. The molecule has 7 nitrogen and oxygen atoms in total. The Morgan fingerprint density at radius 3 is 2.64 bits per heavy atom. The highest BCUT2D eigenvalue weighted by Gasteiger charge is 2.37. The Kier molecular flexibility index (Phi) is 5.98. The quantitative estimate of drug-likeness (QED) is 0.615. The normalized spacial score (nSPS) is 19.4. The molecule has 0 unspecified atom stereocenters. The van der Waals surface area contributed by atoms with Gasteiger partial charge < -0.3 is 9.88 Å². The Morgan fingerprint density at radius 1 is 1.36 bits per heavy atom. The van der Waals surface area contributed by atoms with Crippen LogP contribution in [0, 0.1) is 6.92 Å². The van der Waals surface area contributed by atoms with Crippen molar-refractivity contribution in [2.75, 3.05) is 25.1 Å². The maximum absolute atomic E-state index is 12.5. The first kappa shape index (κ1) is 20.0. The number of thioether (sulfide) groups is 1. The van der Waals surface area contributed by atoms with E-state index in [1.165, 1.54) is 11.8 Å². The summed E-state index contributed by atoms with van der Waals surface area (Å²) in [6.07, 6.45) is 2.72. The van der Waals surface area contributed by atoms with Crippen molar-refractivity contribution in [2.24, 2.45) is 0 Å². The van der Waals surface area contributed by atoms with E-state index >= 15 is 0 Å². The Bertz CT molecular complexity index is 815. The number of rotatable bonds is 4. The van der Waals surface area contributed by atoms with Gasteiger partial charge in [0, 0.05) is 30.8 Å². The average Bonchev–Trinajstić information content (AvgIpc) is 2.63. The van der Waals surface area contributed by atoms with Gasteiger partial charge in [0.1, 0.15) is 0 Å². The number of aryl methyl sites for hydroxylation is 1. The molecule has 25 heavy (non-hydrogen) atoms. The Morgan fingerprint density at radius 2 is 2.04 bits per heavy atom. The van der Waals surface area contributed by atoms with Crippen molar-refractivity contribution in [1.29, 1.82) is 0 Å². The summed E-state index contributed by atoms with van der Waals surface area (Å²) >= 11 is 1.36. The summed E-state index contributed by atoms with van der Waals surface area (Å²) < 4.78 is 23.6. The van der Waals surface area contributed by atoms with Gasteiger partial charge in [-0.3, -0.25) is 9.59 Å². The Labute approximate surface area is 152 Å². The standard InChI is InChI=1S/C16H25N3O4S2/c1-11-12(14(21)18-15(17-11)24-4)5-6-13(20)19-8-7-16(2,3)25(22,23)10-9-19/h5-10H2,1-4H3,(H,17,18,21). The molecule has 9 heteroatoms. The van der Waals surface area contributed by atoms with E-state index in [1.54, 1.807) is 25.7 Å². The van der Waals surface area contributed by atoms with Crippen LogP contribution in [-0.4, -0.2) is 59.0 Å². The fourth-order valence-corrected chi connectivity index (χ4v) is 4.63. The molecule has 1 aliphatic heterocycles. The molecule has 0 saturated carbocycles. The summed E-state index contributed by atoms with van der Waals surface area (Å²) in [7, 11) is -3.21. The second-order valence-corrected chi connectivity index (χ2v) is 10.4. The Hall–Kier alpha value is -1.35. The molecule has 1 fully saturated rings. The number of sulfone groups is 1. The SMILES string of the molecule is CSc1nc(C)c(CCC(=O)N2CCC(C)(C)S(=O)(=O)CC2)c(=O)[nH]1. The fraction of sp³-hybridized carbons (Fsp3) is 0.688. The van der Waals surface area contributed by atoms with E-state index in [-0.39, 0.29) is 30.2 Å². The summed E-state index contributed by atoms with van der Waals surface area (Å²) in [6.45, 7) is 5.81. The first-order valence-electron chi connectivity index (χ1n) is 8.21. The van der Waals surface area contributed by atoms with Crippen LogP contribution in [0.25, 0.3) is 0 Å². The monoisotopic (exact) mass is 387 g/mol. The highest BCUT2D eigenvalue weighted by atomic mass is 32.2. The number of aromatic nitrogens is 2. The summed E-state index contributed by atoms with van der Waals surface area (Å²) in [5.41, 5.74) is 0.915. The molecule has 0 atom stereocenters. The van der Waals surface area contributed by atoms with Crippen LogP contribution in [0.2, 0.25) is 0 Å². The van der Waals surface area contributed by atoms with Crippen LogP contribution in [-0.2, 0) is 21.1 Å². The molecule has 0 aromatic carbocycles. The second-order valence-electron chi connectivity index (χ2n) is 6.85. The third-order valence-electron chi connectivity index (χ3n) is 4.79. The van der Waals surface area contributed by atoms with Gasteiger partial charge >= 0.3 is 0 Å². The van der Waals surface area contributed by atoms with E-state index < -0.39 is 14.6 Å². The molecule has 1 aromatic rings. The van der Waals surface area contributed by atoms with E-state index in [9.17, 15) is 18.0 Å². The number of carbonyl (C=O) groups excluding carboxylic acids is 1. The Balaban J connectivity index is 2.05. The molecule has 1 aromatic heterocycles. The largest absolute Gasteiger partial charge is 0.342 e. The number of aromatic amines is 1. The molecule has 0 radical (unpaired) electrons. The molecule has 1 N–H and O–H groups in total. The van der Waals surface area contributed by atoms with Crippen molar-refractivity contribution < 1.29 is 13.2 Å². The molecule has 1 amide bonds. The first-order valence-corrected chi connectivity index (χ1v) is 11.1. The number of nitrogens with one attached hydrogen (secondary N) is 1. The molecule has 1 aliphatic rings. The smallest absolute Gasteiger partial charge is 0.254 e. The number of hydrogen-bond donors (Lipinski definition) is 1. The maximum atomic E-state index is 12.5. The van der Waals surface area contributed by atoms with E-state index in [1.807, 2.05) is 6.26 Å². The van der Waals surface area contributed by atoms with Crippen molar-refractivity contribution in [3.8, 4) is 0 Å². The summed E-state index contributed by atoms with van der Waals surface area (Å²) in [5, 5.41) is 0.553. The molecule has 1 saturated heterocycles. The van der Waals surface area contributed by atoms with Gasteiger partial charge in [-0.25, -0.2) is 13.4 Å². The molecule has 2 heterocycles. The van der Waals surface area contributed by atoms with Crippen LogP contribution < -0.4 is 5.56 Å². The number of carbonyl (C=O) groups is 1. The molecule has 0 bridgehead atoms.